The van der Waals surface area contributed by atoms with Crippen molar-refractivity contribution in [3.8, 4) is 0 Å². The summed E-state index contributed by atoms with van der Waals surface area (Å²) in [7, 11) is 1.65. The summed E-state index contributed by atoms with van der Waals surface area (Å²) in [6, 6.07) is 1.23. The van der Waals surface area contributed by atoms with E-state index in [-0.39, 0.29) is 6.10 Å². The van der Waals surface area contributed by atoms with E-state index in [9.17, 15) is 5.11 Å². The molecule has 4 heteroatoms. The summed E-state index contributed by atoms with van der Waals surface area (Å²) >= 11 is 0. The molecule has 1 saturated heterocycles. The zero-order chi connectivity index (χ0) is 12.7. The molecule has 0 spiro atoms. The second-order valence-corrected chi connectivity index (χ2v) is 4.91. The van der Waals surface area contributed by atoms with E-state index in [1.807, 2.05) is 0 Å². The average molecular weight is 245 g/mol. The van der Waals surface area contributed by atoms with Crippen LogP contribution in [-0.2, 0) is 9.47 Å². The minimum absolute atomic E-state index is 0.388. The normalized spacial score (nSPS) is 27.5. The maximum atomic E-state index is 9.93. The molecule has 0 saturated carbocycles. The molecule has 1 rings (SSSR count). The summed E-state index contributed by atoms with van der Waals surface area (Å²) < 4.78 is 10.2. The van der Waals surface area contributed by atoms with Crippen LogP contribution in [0.5, 0.6) is 0 Å². The van der Waals surface area contributed by atoms with Crippen LogP contribution in [0.2, 0.25) is 0 Å². The summed E-state index contributed by atoms with van der Waals surface area (Å²) in [6.07, 6.45) is 3.29. The predicted molar refractivity (Wildman–Crippen MR) is 68.2 cm³/mol. The Bertz CT molecular complexity index is 201. The van der Waals surface area contributed by atoms with Crippen LogP contribution < -0.4 is 0 Å². The number of hydrogen-bond donors (Lipinski definition) is 1. The maximum Gasteiger partial charge on any atom is 0.0900 e. The van der Waals surface area contributed by atoms with Gasteiger partial charge in [0, 0.05) is 25.7 Å². The molecule has 0 radical (unpaired) electrons. The van der Waals surface area contributed by atoms with Crippen LogP contribution in [0.1, 0.15) is 33.1 Å². The lowest BCUT2D eigenvalue weighted by atomic mass is 10.1. The van der Waals surface area contributed by atoms with Crippen molar-refractivity contribution < 1.29 is 14.6 Å². The van der Waals surface area contributed by atoms with Gasteiger partial charge in [0.1, 0.15) is 0 Å². The van der Waals surface area contributed by atoms with Crippen molar-refractivity contribution in [3.05, 3.63) is 0 Å². The largest absolute Gasteiger partial charge is 0.389 e. The molecule has 0 aromatic carbocycles. The van der Waals surface area contributed by atoms with Crippen LogP contribution in [-0.4, -0.2) is 61.7 Å². The number of hydrogen-bond acceptors (Lipinski definition) is 4. The third-order valence-electron chi connectivity index (χ3n) is 3.59. The zero-order valence-electron chi connectivity index (χ0n) is 11.4. The molecule has 3 atom stereocenters. The van der Waals surface area contributed by atoms with Crippen LogP contribution in [0, 0.1) is 0 Å². The highest BCUT2D eigenvalue weighted by atomic mass is 16.5. The van der Waals surface area contributed by atoms with Gasteiger partial charge in [-0.15, -0.1) is 0 Å². The molecule has 0 aromatic rings. The van der Waals surface area contributed by atoms with E-state index in [1.54, 1.807) is 7.11 Å². The monoisotopic (exact) mass is 245 g/mol. The van der Waals surface area contributed by atoms with Crippen LogP contribution in [0.4, 0.5) is 0 Å². The molecule has 1 aliphatic rings. The fourth-order valence-electron chi connectivity index (χ4n) is 2.55. The fourth-order valence-corrected chi connectivity index (χ4v) is 2.55. The number of likely N-dealkylation sites (tertiary alicyclic amines) is 1. The zero-order valence-corrected chi connectivity index (χ0v) is 11.4. The van der Waals surface area contributed by atoms with Crippen molar-refractivity contribution in [2.75, 3.05) is 33.5 Å². The molecular formula is C13H27NO3. The lowest BCUT2D eigenvalue weighted by Crippen LogP contribution is -2.41. The topological polar surface area (TPSA) is 41.9 Å². The fraction of sp³-hybridized carbons (Fsp3) is 1.00. The molecule has 1 fully saturated rings. The molecule has 0 aromatic heterocycles. The van der Waals surface area contributed by atoms with E-state index in [4.69, 9.17) is 9.47 Å². The first-order valence-corrected chi connectivity index (χ1v) is 6.69. The van der Waals surface area contributed by atoms with Crippen molar-refractivity contribution in [1.82, 2.24) is 4.90 Å². The number of methoxy groups -OCH3 is 1. The first-order chi connectivity index (χ1) is 8.19. The van der Waals surface area contributed by atoms with Gasteiger partial charge in [-0.3, -0.25) is 4.90 Å². The van der Waals surface area contributed by atoms with Gasteiger partial charge >= 0.3 is 0 Å². The quantitative estimate of drug-likeness (QED) is 0.654. The van der Waals surface area contributed by atoms with Crippen molar-refractivity contribution >= 4 is 0 Å². The van der Waals surface area contributed by atoms with Gasteiger partial charge in [-0.25, -0.2) is 0 Å². The maximum absolute atomic E-state index is 9.93. The van der Waals surface area contributed by atoms with Gasteiger partial charge in [-0.2, -0.15) is 0 Å². The van der Waals surface area contributed by atoms with Gasteiger partial charge in [0.15, 0.2) is 0 Å². The molecule has 102 valence electrons. The van der Waals surface area contributed by atoms with E-state index in [1.165, 1.54) is 19.3 Å². The third-order valence-corrected chi connectivity index (χ3v) is 3.59. The van der Waals surface area contributed by atoms with Crippen molar-refractivity contribution in [2.24, 2.45) is 0 Å². The predicted octanol–water partition coefficient (Wildman–Crippen LogP) is 1.27. The van der Waals surface area contributed by atoms with Crippen LogP contribution in [0.3, 0.4) is 0 Å². The van der Waals surface area contributed by atoms with Crippen molar-refractivity contribution in [1.29, 1.82) is 0 Å². The summed E-state index contributed by atoms with van der Waals surface area (Å²) in [5.74, 6) is 0. The van der Waals surface area contributed by atoms with E-state index in [0.717, 1.165) is 6.54 Å². The molecule has 0 aliphatic carbocycles. The highest BCUT2D eigenvalue weighted by molar-refractivity contribution is 4.85. The molecular weight excluding hydrogens is 218 g/mol. The van der Waals surface area contributed by atoms with Gasteiger partial charge in [-0.05, 0) is 26.2 Å². The Balaban J connectivity index is 2.22. The lowest BCUT2D eigenvalue weighted by Gasteiger charge is -2.29. The number of β-amino-alcohol motifs (C(OH)–C–C–N with tert-alkyl or cyclic N) is 1. The first kappa shape index (κ1) is 14.9. The average Bonchev–Trinajstić information content (AvgIpc) is 2.66. The van der Waals surface area contributed by atoms with E-state index in [0.29, 0.717) is 31.9 Å². The molecule has 1 aliphatic heterocycles. The molecule has 4 nitrogen and oxygen atoms in total. The van der Waals surface area contributed by atoms with Crippen molar-refractivity contribution in [3.63, 3.8) is 0 Å². The second-order valence-electron chi connectivity index (χ2n) is 4.91. The van der Waals surface area contributed by atoms with E-state index >= 15 is 0 Å². The van der Waals surface area contributed by atoms with Gasteiger partial charge in [-0.1, -0.05) is 6.92 Å². The van der Waals surface area contributed by atoms with E-state index < -0.39 is 0 Å². The lowest BCUT2D eigenvalue weighted by molar-refractivity contribution is -0.00682. The Morgan fingerprint density at radius 1 is 1.35 bits per heavy atom. The highest BCUT2D eigenvalue weighted by Crippen LogP contribution is 2.25. The number of ether oxygens (including phenoxy) is 2. The van der Waals surface area contributed by atoms with Crippen LogP contribution >= 0.6 is 0 Å². The Labute approximate surface area is 105 Å². The summed E-state index contributed by atoms with van der Waals surface area (Å²) in [6.45, 7) is 6.74. The SMILES string of the molecule is CCC1CCC(C)N1CC(O)COCCOC. The van der Waals surface area contributed by atoms with Crippen LogP contribution in [0.25, 0.3) is 0 Å². The minimum atomic E-state index is -0.388. The molecule has 3 unspecified atom stereocenters. The van der Waals surface area contributed by atoms with Crippen molar-refractivity contribution in [2.45, 2.75) is 51.3 Å². The molecule has 0 amide bonds. The molecule has 0 bridgehead atoms. The molecule has 1 N–H and O–H groups in total. The second kappa shape index (κ2) is 8.03. The summed E-state index contributed by atoms with van der Waals surface area (Å²) in [5.41, 5.74) is 0. The Kier molecular flexibility index (Phi) is 7.04. The molecule has 1 heterocycles. The number of aliphatic hydroxyl groups excluding tert-OH is 1. The van der Waals surface area contributed by atoms with Gasteiger partial charge in [0.25, 0.3) is 0 Å². The van der Waals surface area contributed by atoms with Gasteiger partial charge < -0.3 is 14.6 Å². The Morgan fingerprint density at radius 2 is 2.12 bits per heavy atom. The summed E-state index contributed by atoms with van der Waals surface area (Å²) in [4.78, 5) is 2.42. The van der Waals surface area contributed by atoms with Gasteiger partial charge in [0.05, 0.1) is 25.9 Å². The van der Waals surface area contributed by atoms with E-state index in [2.05, 4.69) is 18.7 Å². The minimum Gasteiger partial charge on any atom is -0.389 e. The summed E-state index contributed by atoms with van der Waals surface area (Å²) in [5, 5.41) is 9.93. The Hall–Kier alpha value is -0.160. The number of nitrogens with zero attached hydrogens (tertiary/aromatic N) is 1. The smallest absolute Gasteiger partial charge is 0.0900 e. The Morgan fingerprint density at radius 3 is 2.76 bits per heavy atom. The number of aliphatic hydroxyl groups is 1. The highest BCUT2D eigenvalue weighted by Gasteiger charge is 2.30. The molecule has 17 heavy (non-hydrogen) atoms. The number of rotatable bonds is 8. The third kappa shape index (κ3) is 4.92. The van der Waals surface area contributed by atoms with Crippen LogP contribution in [0.15, 0.2) is 0 Å². The first-order valence-electron chi connectivity index (χ1n) is 6.69. The standard InChI is InChI=1S/C13H27NO3/c1-4-12-6-5-11(2)14(12)9-13(15)10-17-8-7-16-3/h11-13,15H,4-10H2,1-3H3. The van der Waals surface area contributed by atoms with Gasteiger partial charge in [0.2, 0.25) is 0 Å².